The summed E-state index contributed by atoms with van der Waals surface area (Å²) < 4.78 is 0. The van der Waals surface area contributed by atoms with E-state index in [-0.39, 0.29) is 45.5 Å². The van der Waals surface area contributed by atoms with Crippen molar-refractivity contribution in [3.8, 4) is 0 Å². The van der Waals surface area contributed by atoms with Crippen LogP contribution in [0.25, 0.3) is 0 Å². The van der Waals surface area contributed by atoms with Crippen LogP contribution in [-0.2, 0) is 9.59 Å². The van der Waals surface area contributed by atoms with Gasteiger partial charge in [-0.15, -0.1) is 0 Å². The van der Waals surface area contributed by atoms with Crippen LogP contribution in [0.2, 0.25) is 0 Å². The van der Waals surface area contributed by atoms with Crippen LogP contribution in [0.1, 0.15) is 20.7 Å². The van der Waals surface area contributed by atoms with E-state index in [1.165, 1.54) is 0 Å². The molecule has 0 spiro atoms. The molecule has 0 radical (unpaired) electrons. The normalized spacial score (nSPS) is 8.89. The Bertz CT molecular complexity index is 687. The SMILES string of the molecule is O=C([O-])CNC(=O)c1ccccc1.O=C([O-])CNC(=O)c1ccccc1.[Sr+2]. The monoisotopic (exact) mass is 444 g/mol. The molecule has 27 heavy (non-hydrogen) atoms. The van der Waals surface area contributed by atoms with Crippen molar-refractivity contribution in [1.29, 1.82) is 0 Å². The number of carboxylic acid groups (broad SMARTS) is 2. The van der Waals surface area contributed by atoms with Crippen LogP contribution in [0.3, 0.4) is 0 Å². The minimum Gasteiger partial charge on any atom is -0.548 e. The van der Waals surface area contributed by atoms with Gasteiger partial charge in [-0.1, -0.05) is 36.4 Å². The van der Waals surface area contributed by atoms with Gasteiger partial charge < -0.3 is 30.4 Å². The number of rotatable bonds is 6. The molecule has 8 nitrogen and oxygen atoms in total. The van der Waals surface area contributed by atoms with E-state index in [4.69, 9.17) is 0 Å². The van der Waals surface area contributed by atoms with Gasteiger partial charge in [0.1, 0.15) is 0 Å². The third-order valence-electron chi connectivity index (χ3n) is 2.86. The van der Waals surface area contributed by atoms with Crippen LogP contribution in [0.15, 0.2) is 60.7 Å². The third kappa shape index (κ3) is 11.2. The molecule has 0 fully saturated rings. The number of hydrogen-bond acceptors (Lipinski definition) is 6. The average Bonchev–Trinajstić information content (AvgIpc) is 2.66. The first-order chi connectivity index (χ1) is 12.4. The van der Waals surface area contributed by atoms with Crippen LogP contribution < -0.4 is 20.8 Å². The summed E-state index contributed by atoms with van der Waals surface area (Å²) in [6, 6.07) is 16.8. The van der Waals surface area contributed by atoms with Crippen molar-refractivity contribution in [2.45, 2.75) is 0 Å². The van der Waals surface area contributed by atoms with Crippen molar-refractivity contribution in [3.63, 3.8) is 0 Å². The average molecular weight is 444 g/mol. The number of hydrogen-bond donors (Lipinski definition) is 2. The standard InChI is InChI=1S/2C9H9NO3.Sr/c2*11-8(12)6-10-9(13)7-4-2-1-3-5-7;/h2*1-5H,6H2,(H,10,13)(H,11,12);/q;;+2/p-2. The molecular weight excluding hydrogens is 428 g/mol. The second-order valence-corrected chi connectivity index (χ2v) is 4.84. The number of nitrogens with one attached hydrogen (secondary N) is 2. The molecule has 0 atom stereocenters. The van der Waals surface area contributed by atoms with Gasteiger partial charge in [-0.2, -0.15) is 0 Å². The van der Waals surface area contributed by atoms with Crippen LogP contribution >= 0.6 is 0 Å². The summed E-state index contributed by atoms with van der Waals surface area (Å²) in [5.41, 5.74) is 0.868. The van der Waals surface area contributed by atoms with Crippen molar-refractivity contribution in [3.05, 3.63) is 71.8 Å². The first-order valence-corrected chi connectivity index (χ1v) is 7.46. The quantitative estimate of drug-likeness (QED) is 0.493. The summed E-state index contributed by atoms with van der Waals surface area (Å²) in [4.78, 5) is 42.3. The number of amides is 2. The topological polar surface area (TPSA) is 138 Å². The molecule has 2 N–H and O–H groups in total. The van der Waals surface area contributed by atoms with E-state index < -0.39 is 36.8 Å². The van der Waals surface area contributed by atoms with E-state index >= 15 is 0 Å². The molecule has 0 aliphatic heterocycles. The summed E-state index contributed by atoms with van der Waals surface area (Å²) >= 11 is 0. The van der Waals surface area contributed by atoms with E-state index in [1.54, 1.807) is 60.7 Å². The zero-order chi connectivity index (χ0) is 19.4. The van der Waals surface area contributed by atoms with E-state index in [0.29, 0.717) is 11.1 Å². The summed E-state index contributed by atoms with van der Waals surface area (Å²) in [6.45, 7) is -0.929. The Labute approximate surface area is 192 Å². The molecule has 9 heteroatoms. The summed E-state index contributed by atoms with van der Waals surface area (Å²) in [5, 5.41) is 24.4. The maximum atomic E-state index is 11.1. The van der Waals surface area contributed by atoms with Gasteiger partial charge in [0.15, 0.2) is 0 Å². The Hall–Kier alpha value is -2.20. The van der Waals surface area contributed by atoms with Crippen molar-refractivity contribution in [1.82, 2.24) is 10.6 Å². The number of carboxylic acids is 2. The number of benzene rings is 2. The molecule has 136 valence electrons. The smallest absolute Gasteiger partial charge is 0.548 e. The fourth-order valence-electron chi connectivity index (χ4n) is 1.69. The molecular formula is C18H16N2O6Sr. The maximum absolute atomic E-state index is 11.1. The van der Waals surface area contributed by atoms with Crippen molar-refractivity contribution in [2.24, 2.45) is 0 Å². The zero-order valence-electron chi connectivity index (χ0n) is 14.3. The first kappa shape index (κ1) is 24.8. The second-order valence-electron chi connectivity index (χ2n) is 4.84. The molecule has 0 aliphatic rings. The van der Waals surface area contributed by atoms with Gasteiger partial charge in [0.25, 0.3) is 11.8 Å². The van der Waals surface area contributed by atoms with E-state index in [1.807, 2.05) is 0 Å². The summed E-state index contributed by atoms with van der Waals surface area (Å²) in [6.07, 6.45) is 0. The Morgan fingerprint density at radius 2 is 0.926 bits per heavy atom. The second kappa shape index (κ2) is 13.9. The van der Waals surface area contributed by atoms with Crippen molar-refractivity contribution >= 4 is 69.2 Å². The largest absolute Gasteiger partial charge is 2.00 e. The molecule has 0 saturated heterocycles. The van der Waals surface area contributed by atoms with Gasteiger partial charge in [0.2, 0.25) is 0 Å². The van der Waals surface area contributed by atoms with Gasteiger partial charge in [0.05, 0.1) is 25.0 Å². The van der Waals surface area contributed by atoms with Gasteiger partial charge in [-0.25, -0.2) is 0 Å². The summed E-state index contributed by atoms with van der Waals surface area (Å²) in [7, 11) is 0. The van der Waals surface area contributed by atoms with Gasteiger partial charge >= 0.3 is 45.5 Å². The molecule has 2 amide bonds. The molecule has 0 heterocycles. The third-order valence-corrected chi connectivity index (χ3v) is 2.86. The van der Waals surface area contributed by atoms with E-state index in [0.717, 1.165) is 0 Å². The van der Waals surface area contributed by atoms with Crippen LogP contribution in [0.4, 0.5) is 0 Å². The molecule has 0 saturated carbocycles. The van der Waals surface area contributed by atoms with Crippen molar-refractivity contribution < 1.29 is 29.4 Å². The number of carbonyl (C=O) groups is 4. The maximum Gasteiger partial charge on any atom is 2.00 e. The van der Waals surface area contributed by atoms with Gasteiger partial charge in [-0.3, -0.25) is 9.59 Å². The van der Waals surface area contributed by atoms with Crippen LogP contribution in [-0.4, -0.2) is 82.3 Å². The van der Waals surface area contributed by atoms with Gasteiger partial charge in [-0.05, 0) is 24.3 Å². The van der Waals surface area contributed by atoms with Crippen molar-refractivity contribution in [2.75, 3.05) is 13.1 Å². The van der Waals surface area contributed by atoms with Crippen LogP contribution in [0, 0.1) is 0 Å². The van der Waals surface area contributed by atoms with E-state index in [9.17, 15) is 29.4 Å². The fraction of sp³-hybridized carbons (Fsp3) is 0.111. The van der Waals surface area contributed by atoms with Crippen LogP contribution in [0.5, 0.6) is 0 Å². The Morgan fingerprint density at radius 3 is 1.19 bits per heavy atom. The van der Waals surface area contributed by atoms with E-state index in [2.05, 4.69) is 10.6 Å². The number of aliphatic carboxylic acids is 2. The molecule has 0 aromatic heterocycles. The molecule has 0 bridgehead atoms. The molecule has 2 rings (SSSR count). The predicted molar refractivity (Wildman–Crippen MR) is 93.3 cm³/mol. The Kier molecular flexibility index (Phi) is 12.8. The Morgan fingerprint density at radius 1 is 0.630 bits per heavy atom. The predicted octanol–water partition coefficient (Wildman–Crippen LogP) is -2.05. The summed E-state index contributed by atoms with van der Waals surface area (Å²) in [5.74, 6) is -3.43. The van der Waals surface area contributed by atoms with Gasteiger partial charge in [0, 0.05) is 11.1 Å². The Balaban J connectivity index is 0.000000483. The molecule has 0 unspecified atom stereocenters. The molecule has 2 aromatic carbocycles. The zero-order valence-corrected chi connectivity index (χ0v) is 17.8. The fourth-order valence-corrected chi connectivity index (χ4v) is 1.69. The number of carbonyl (C=O) groups excluding carboxylic acids is 4. The molecule has 2 aromatic rings. The first-order valence-electron chi connectivity index (χ1n) is 7.46. The molecule has 0 aliphatic carbocycles. The minimum atomic E-state index is -1.30. The minimum absolute atomic E-state index is 0.